The summed E-state index contributed by atoms with van der Waals surface area (Å²) in [4.78, 5) is 4.32. The third-order valence-electron chi connectivity index (χ3n) is 1.97. The van der Waals surface area contributed by atoms with Gasteiger partial charge >= 0.3 is 0 Å². The topological polar surface area (TPSA) is 12.9 Å². The van der Waals surface area contributed by atoms with Gasteiger partial charge in [0.2, 0.25) is 0 Å². The predicted molar refractivity (Wildman–Crippen MR) is 57.5 cm³/mol. The van der Waals surface area contributed by atoms with Crippen molar-refractivity contribution in [3.8, 4) is 0 Å². The first kappa shape index (κ1) is 9.72. The SMILES string of the molecule is C=CCCCc1ncccc1C=C. The third kappa shape index (κ3) is 2.86. The molecule has 68 valence electrons. The summed E-state index contributed by atoms with van der Waals surface area (Å²) < 4.78 is 0. The van der Waals surface area contributed by atoms with Crippen molar-refractivity contribution in [2.24, 2.45) is 0 Å². The number of allylic oxidation sites excluding steroid dienone is 1. The second-order valence-electron chi connectivity index (χ2n) is 2.92. The van der Waals surface area contributed by atoms with Crippen LogP contribution in [0.25, 0.3) is 6.08 Å². The quantitative estimate of drug-likeness (QED) is 0.492. The van der Waals surface area contributed by atoms with Crippen LogP contribution in [0.1, 0.15) is 24.1 Å². The van der Waals surface area contributed by atoms with Crippen molar-refractivity contribution in [1.29, 1.82) is 0 Å². The van der Waals surface area contributed by atoms with E-state index in [0.717, 1.165) is 30.5 Å². The summed E-state index contributed by atoms with van der Waals surface area (Å²) in [7, 11) is 0. The second-order valence-corrected chi connectivity index (χ2v) is 2.92. The first-order valence-electron chi connectivity index (χ1n) is 4.55. The maximum absolute atomic E-state index is 4.32. The van der Waals surface area contributed by atoms with E-state index in [1.54, 1.807) is 0 Å². The van der Waals surface area contributed by atoms with Crippen LogP contribution >= 0.6 is 0 Å². The van der Waals surface area contributed by atoms with E-state index in [0.29, 0.717) is 0 Å². The molecular weight excluding hydrogens is 158 g/mol. The molecule has 0 aromatic carbocycles. The summed E-state index contributed by atoms with van der Waals surface area (Å²) in [6.45, 7) is 7.45. The molecule has 1 nitrogen and oxygen atoms in total. The summed E-state index contributed by atoms with van der Waals surface area (Å²) in [6, 6.07) is 3.98. The maximum Gasteiger partial charge on any atom is 0.0475 e. The average molecular weight is 173 g/mol. The fourth-order valence-electron chi connectivity index (χ4n) is 1.26. The molecule has 1 heteroatoms. The van der Waals surface area contributed by atoms with Gasteiger partial charge in [-0.05, 0) is 30.9 Å². The molecule has 0 bridgehead atoms. The summed E-state index contributed by atoms with van der Waals surface area (Å²) >= 11 is 0. The molecular formula is C12H15N. The van der Waals surface area contributed by atoms with Crippen LogP contribution in [-0.2, 0) is 6.42 Å². The van der Waals surface area contributed by atoms with Crippen LogP contribution in [0.4, 0.5) is 0 Å². The smallest absolute Gasteiger partial charge is 0.0475 e. The van der Waals surface area contributed by atoms with Crippen molar-refractivity contribution in [3.05, 3.63) is 48.8 Å². The van der Waals surface area contributed by atoms with E-state index >= 15 is 0 Å². The number of nitrogens with zero attached hydrogens (tertiary/aromatic N) is 1. The van der Waals surface area contributed by atoms with Crippen LogP contribution in [0, 0.1) is 0 Å². The van der Waals surface area contributed by atoms with Crippen molar-refractivity contribution in [3.63, 3.8) is 0 Å². The lowest BCUT2D eigenvalue weighted by Gasteiger charge is -2.02. The zero-order valence-electron chi connectivity index (χ0n) is 7.87. The molecule has 0 saturated carbocycles. The summed E-state index contributed by atoms with van der Waals surface area (Å²) in [5.41, 5.74) is 2.28. The molecule has 0 N–H and O–H groups in total. The van der Waals surface area contributed by atoms with Gasteiger partial charge in [0.05, 0.1) is 0 Å². The van der Waals surface area contributed by atoms with Crippen molar-refractivity contribution in [2.45, 2.75) is 19.3 Å². The lowest BCUT2D eigenvalue weighted by molar-refractivity contribution is 0.817. The van der Waals surface area contributed by atoms with Gasteiger partial charge in [-0.3, -0.25) is 4.98 Å². The maximum atomic E-state index is 4.32. The van der Waals surface area contributed by atoms with Gasteiger partial charge in [-0.1, -0.05) is 24.8 Å². The standard InChI is InChI=1S/C12H15N/c1-3-5-6-9-12-11(4-2)8-7-10-13-12/h3-4,7-8,10H,1-2,5-6,9H2. The number of rotatable bonds is 5. The Morgan fingerprint density at radius 2 is 2.23 bits per heavy atom. The molecule has 1 rings (SSSR count). The Morgan fingerprint density at radius 3 is 2.92 bits per heavy atom. The van der Waals surface area contributed by atoms with E-state index in [9.17, 15) is 0 Å². The number of hydrogen-bond donors (Lipinski definition) is 0. The van der Waals surface area contributed by atoms with Crippen molar-refractivity contribution >= 4 is 6.08 Å². The molecule has 0 aliphatic carbocycles. The van der Waals surface area contributed by atoms with Gasteiger partial charge in [0, 0.05) is 11.9 Å². The molecule has 0 amide bonds. The van der Waals surface area contributed by atoms with Crippen LogP contribution in [0.5, 0.6) is 0 Å². The van der Waals surface area contributed by atoms with Crippen LogP contribution in [0.15, 0.2) is 37.6 Å². The third-order valence-corrected chi connectivity index (χ3v) is 1.97. The number of unbranched alkanes of at least 4 members (excludes halogenated alkanes) is 1. The van der Waals surface area contributed by atoms with E-state index in [1.807, 2.05) is 30.5 Å². The fourth-order valence-corrected chi connectivity index (χ4v) is 1.26. The van der Waals surface area contributed by atoms with Crippen LogP contribution in [0.3, 0.4) is 0 Å². The van der Waals surface area contributed by atoms with Crippen molar-refractivity contribution in [2.75, 3.05) is 0 Å². The van der Waals surface area contributed by atoms with Crippen LogP contribution in [-0.4, -0.2) is 4.98 Å². The minimum Gasteiger partial charge on any atom is -0.261 e. The number of aryl methyl sites for hydroxylation is 1. The Hall–Kier alpha value is -1.37. The number of hydrogen-bond acceptors (Lipinski definition) is 1. The summed E-state index contributed by atoms with van der Waals surface area (Å²) in [5.74, 6) is 0. The molecule has 0 aliphatic heterocycles. The number of pyridine rings is 1. The molecule has 0 fully saturated rings. The minimum atomic E-state index is 1.01. The molecule has 1 heterocycles. The number of aromatic nitrogens is 1. The normalized spacial score (nSPS) is 9.54. The highest BCUT2D eigenvalue weighted by Crippen LogP contribution is 2.09. The highest BCUT2D eigenvalue weighted by Gasteiger charge is 1.98. The highest BCUT2D eigenvalue weighted by atomic mass is 14.7. The van der Waals surface area contributed by atoms with Gasteiger partial charge in [0.25, 0.3) is 0 Å². The van der Waals surface area contributed by atoms with Gasteiger partial charge in [-0.15, -0.1) is 6.58 Å². The van der Waals surface area contributed by atoms with Gasteiger partial charge < -0.3 is 0 Å². The Morgan fingerprint density at radius 1 is 1.38 bits per heavy atom. The zero-order chi connectivity index (χ0) is 9.52. The predicted octanol–water partition coefficient (Wildman–Crippen LogP) is 3.23. The highest BCUT2D eigenvalue weighted by molar-refractivity contribution is 5.49. The van der Waals surface area contributed by atoms with E-state index in [-0.39, 0.29) is 0 Å². The Balaban J connectivity index is 2.63. The van der Waals surface area contributed by atoms with Crippen LogP contribution in [0.2, 0.25) is 0 Å². The summed E-state index contributed by atoms with van der Waals surface area (Å²) in [6.07, 6.45) is 8.80. The second kappa shape index (κ2) is 5.31. The molecule has 0 saturated heterocycles. The van der Waals surface area contributed by atoms with Crippen LogP contribution < -0.4 is 0 Å². The van der Waals surface area contributed by atoms with Gasteiger partial charge in [0.1, 0.15) is 0 Å². The first-order valence-corrected chi connectivity index (χ1v) is 4.55. The fraction of sp³-hybridized carbons (Fsp3) is 0.250. The van der Waals surface area contributed by atoms with Gasteiger partial charge in [0.15, 0.2) is 0 Å². The van der Waals surface area contributed by atoms with Crippen molar-refractivity contribution < 1.29 is 0 Å². The zero-order valence-corrected chi connectivity index (χ0v) is 7.87. The largest absolute Gasteiger partial charge is 0.261 e. The van der Waals surface area contributed by atoms with E-state index < -0.39 is 0 Å². The molecule has 0 atom stereocenters. The van der Waals surface area contributed by atoms with E-state index in [4.69, 9.17) is 0 Å². The molecule has 0 aliphatic rings. The van der Waals surface area contributed by atoms with Crippen molar-refractivity contribution in [1.82, 2.24) is 4.98 Å². The van der Waals surface area contributed by atoms with Gasteiger partial charge in [-0.25, -0.2) is 0 Å². The first-order chi connectivity index (χ1) is 6.38. The Bertz CT molecular complexity index is 289. The molecule has 0 radical (unpaired) electrons. The molecule has 1 aromatic rings. The monoisotopic (exact) mass is 173 g/mol. The average Bonchev–Trinajstić information content (AvgIpc) is 2.19. The molecule has 0 spiro atoms. The lowest BCUT2D eigenvalue weighted by atomic mass is 10.1. The Kier molecular flexibility index (Phi) is 3.97. The van der Waals surface area contributed by atoms with Gasteiger partial charge in [-0.2, -0.15) is 0 Å². The molecule has 13 heavy (non-hydrogen) atoms. The molecule has 0 unspecified atom stereocenters. The molecule has 1 aromatic heterocycles. The summed E-state index contributed by atoms with van der Waals surface area (Å²) in [5, 5.41) is 0. The Labute approximate surface area is 79.8 Å². The van der Waals surface area contributed by atoms with E-state index in [1.165, 1.54) is 0 Å². The lowest BCUT2D eigenvalue weighted by Crippen LogP contribution is -1.92. The minimum absolute atomic E-state index is 1.01. The van der Waals surface area contributed by atoms with E-state index in [2.05, 4.69) is 18.1 Å².